The van der Waals surface area contributed by atoms with Crippen LogP contribution in [-0.4, -0.2) is 81.1 Å². The molecule has 1 aliphatic carbocycles. The number of rotatable bonds is 13. The smallest absolute Gasteiger partial charge is 0.387 e. The third-order valence-electron chi connectivity index (χ3n) is 6.30. The van der Waals surface area contributed by atoms with Crippen molar-refractivity contribution in [2.75, 3.05) is 49.6 Å². The summed E-state index contributed by atoms with van der Waals surface area (Å²) in [6, 6.07) is 5.68. The van der Waals surface area contributed by atoms with E-state index in [-0.39, 0.29) is 60.9 Å². The van der Waals surface area contributed by atoms with Crippen molar-refractivity contribution in [2.45, 2.75) is 31.9 Å². The fraction of sp³-hybridized carbons (Fsp3) is 0.480. The Labute approximate surface area is 236 Å². The lowest BCUT2D eigenvalue weighted by Gasteiger charge is -2.31. The zero-order chi connectivity index (χ0) is 28.8. The Morgan fingerprint density at radius 1 is 1.20 bits per heavy atom. The molecule has 0 spiro atoms. The van der Waals surface area contributed by atoms with Crippen LogP contribution in [0.25, 0.3) is 0 Å². The molecular weight excluding hydrogens is 580 g/mol. The third kappa shape index (κ3) is 8.29. The number of alkyl halides is 4. The maximum absolute atomic E-state index is 13.5. The quantitative estimate of drug-likeness (QED) is 0.334. The molecule has 2 heterocycles. The molecule has 3 amide bonds. The first kappa shape index (κ1) is 30.0. The van der Waals surface area contributed by atoms with Gasteiger partial charge in [-0.2, -0.15) is 8.78 Å². The fourth-order valence-electron chi connectivity index (χ4n) is 4.22. The van der Waals surface area contributed by atoms with Crippen molar-refractivity contribution in [2.24, 2.45) is 5.92 Å². The first-order valence-corrected chi connectivity index (χ1v) is 13.6. The van der Waals surface area contributed by atoms with Crippen LogP contribution in [-0.2, 0) is 14.3 Å². The molecule has 1 saturated heterocycles. The highest BCUT2D eigenvalue weighted by Gasteiger charge is 2.34. The van der Waals surface area contributed by atoms with Crippen LogP contribution >= 0.6 is 22.9 Å². The van der Waals surface area contributed by atoms with E-state index in [2.05, 4.69) is 15.4 Å². The van der Waals surface area contributed by atoms with Crippen molar-refractivity contribution in [1.82, 2.24) is 10.2 Å². The molecule has 2 aliphatic rings. The minimum absolute atomic E-state index is 0.129. The summed E-state index contributed by atoms with van der Waals surface area (Å²) in [5.74, 6) is -2.02. The molecule has 1 atom stereocenters. The zero-order valence-corrected chi connectivity index (χ0v) is 22.7. The zero-order valence-electron chi connectivity index (χ0n) is 21.1. The minimum atomic E-state index is -3.25. The van der Waals surface area contributed by atoms with Crippen molar-refractivity contribution >= 4 is 52.0 Å². The van der Waals surface area contributed by atoms with E-state index in [1.807, 2.05) is 0 Å². The lowest BCUT2D eigenvalue weighted by atomic mass is 10.1. The number of nitrogens with zero attached hydrogens (tertiary/aromatic N) is 2. The number of hydrogen-bond donors (Lipinski definition) is 2. The highest BCUT2D eigenvalue weighted by atomic mass is 35.5. The third-order valence-corrected chi connectivity index (χ3v) is 7.53. The molecule has 0 radical (unpaired) electrons. The normalized spacial score (nSPS) is 16.5. The van der Waals surface area contributed by atoms with Gasteiger partial charge in [-0.15, -0.1) is 11.3 Å². The Hall–Kier alpha value is -2.94. The lowest BCUT2D eigenvalue weighted by molar-refractivity contribution is -0.125. The largest absolute Gasteiger partial charge is 0.433 e. The van der Waals surface area contributed by atoms with Crippen molar-refractivity contribution in [1.29, 1.82) is 0 Å². The van der Waals surface area contributed by atoms with E-state index < -0.39 is 43.2 Å². The number of benzene rings is 1. The van der Waals surface area contributed by atoms with Gasteiger partial charge >= 0.3 is 6.61 Å². The SMILES string of the molecule is O=C(NC[C@@H](C(=O)Nc1ccc(N2CCOCC2=O)cc1OC(F)F)N(CC(F)F)CC1CC1)c1ccc(Cl)s1. The highest BCUT2D eigenvalue weighted by Crippen LogP contribution is 2.33. The molecule has 2 fully saturated rings. The van der Waals surface area contributed by atoms with Crippen LogP contribution in [0.1, 0.15) is 22.5 Å². The molecule has 1 saturated carbocycles. The number of carbonyl (C=O) groups is 3. The Bertz CT molecular complexity index is 1210. The van der Waals surface area contributed by atoms with Crippen LogP contribution < -0.4 is 20.3 Å². The van der Waals surface area contributed by atoms with Crippen LogP contribution in [0.4, 0.5) is 28.9 Å². The second-order valence-corrected chi connectivity index (χ2v) is 11.0. The monoisotopic (exact) mass is 606 g/mol. The lowest BCUT2D eigenvalue weighted by Crippen LogP contribution is -2.52. The van der Waals surface area contributed by atoms with Gasteiger partial charge in [-0.25, -0.2) is 8.78 Å². The van der Waals surface area contributed by atoms with E-state index in [4.69, 9.17) is 16.3 Å². The van der Waals surface area contributed by atoms with Gasteiger partial charge in [0.15, 0.2) is 5.75 Å². The molecule has 4 rings (SSSR count). The highest BCUT2D eigenvalue weighted by molar-refractivity contribution is 7.18. The number of anilines is 2. The second kappa shape index (κ2) is 13.6. The number of nitrogens with one attached hydrogen (secondary N) is 2. The molecule has 2 N–H and O–H groups in total. The van der Waals surface area contributed by atoms with Gasteiger partial charge in [0, 0.05) is 31.4 Å². The second-order valence-electron chi connectivity index (χ2n) is 9.26. The minimum Gasteiger partial charge on any atom is -0.433 e. The predicted octanol–water partition coefficient (Wildman–Crippen LogP) is 4.08. The summed E-state index contributed by atoms with van der Waals surface area (Å²) in [4.78, 5) is 41.2. The summed E-state index contributed by atoms with van der Waals surface area (Å²) >= 11 is 6.90. The van der Waals surface area contributed by atoms with Crippen LogP contribution in [0.2, 0.25) is 4.34 Å². The number of hydrogen-bond acceptors (Lipinski definition) is 7. The average Bonchev–Trinajstić information content (AvgIpc) is 3.60. The number of carbonyl (C=O) groups excluding carboxylic acids is 3. The van der Waals surface area contributed by atoms with E-state index in [1.54, 1.807) is 0 Å². The molecular formula is C25H27ClF4N4O5S. The van der Waals surface area contributed by atoms with Crippen molar-refractivity contribution in [3.8, 4) is 5.75 Å². The number of ether oxygens (including phenoxy) is 2. The molecule has 0 unspecified atom stereocenters. The topological polar surface area (TPSA) is 100 Å². The fourth-order valence-corrected chi connectivity index (χ4v) is 5.18. The van der Waals surface area contributed by atoms with Crippen LogP contribution in [0.3, 0.4) is 0 Å². The first-order chi connectivity index (χ1) is 19.1. The molecule has 218 valence electrons. The summed E-state index contributed by atoms with van der Waals surface area (Å²) in [6.45, 7) is -3.83. The first-order valence-electron chi connectivity index (χ1n) is 12.4. The van der Waals surface area contributed by atoms with E-state index in [1.165, 1.54) is 40.1 Å². The van der Waals surface area contributed by atoms with E-state index >= 15 is 0 Å². The van der Waals surface area contributed by atoms with E-state index in [0.717, 1.165) is 24.2 Å². The van der Waals surface area contributed by atoms with Crippen LogP contribution in [0.5, 0.6) is 5.75 Å². The van der Waals surface area contributed by atoms with E-state index in [9.17, 15) is 31.9 Å². The van der Waals surface area contributed by atoms with Gasteiger partial charge in [0.25, 0.3) is 18.2 Å². The van der Waals surface area contributed by atoms with Gasteiger partial charge in [-0.1, -0.05) is 11.6 Å². The van der Waals surface area contributed by atoms with Gasteiger partial charge in [-0.05, 0) is 43.0 Å². The molecule has 40 heavy (non-hydrogen) atoms. The van der Waals surface area contributed by atoms with Gasteiger partial charge in [0.1, 0.15) is 12.6 Å². The van der Waals surface area contributed by atoms with Crippen molar-refractivity contribution < 1.29 is 41.4 Å². The van der Waals surface area contributed by atoms with Gasteiger partial charge in [0.05, 0.1) is 28.1 Å². The summed E-state index contributed by atoms with van der Waals surface area (Å²) in [5.41, 5.74) is 0.105. The standard InChI is InChI=1S/C25H27ClF4N4O5S/c26-20-6-5-19(40-20)24(37)31-10-17(33(12-21(27)28)11-14-1-2-14)23(36)32-16-4-3-15(9-18(16)39-25(29)30)34-7-8-38-13-22(34)35/h3-6,9,14,17,21,25H,1-2,7-8,10-13H2,(H,31,37)(H,32,36)/t17-/m0/s1. The Balaban J connectivity index is 1.57. The molecule has 0 bridgehead atoms. The van der Waals surface area contributed by atoms with Crippen molar-refractivity contribution in [3.63, 3.8) is 0 Å². The summed E-state index contributed by atoms with van der Waals surface area (Å²) < 4.78 is 63.6. The number of halogens is 5. The summed E-state index contributed by atoms with van der Waals surface area (Å²) in [5, 5.41) is 5.08. The molecule has 15 heteroatoms. The maximum Gasteiger partial charge on any atom is 0.387 e. The van der Waals surface area contributed by atoms with Gasteiger partial charge < -0.3 is 25.0 Å². The molecule has 1 aromatic heterocycles. The Kier molecular flexibility index (Phi) is 10.2. The molecule has 2 aromatic rings. The van der Waals surface area contributed by atoms with Crippen LogP contribution in [0, 0.1) is 5.92 Å². The maximum atomic E-state index is 13.5. The number of thiophene rings is 1. The predicted molar refractivity (Wildman–Crippen MR) is 141 cm³/mol. The van der Waals surface area contributed by atoms with Gasteiger partial charge in [-0.3, -0.25) is 19.3 Å². The molecule has 1 aromatic carbocycles. The van der Waals surface area contributed by atoms with E-state index in [0.29, 0.717) is 4.34 Å². The average molecular weight is 607 g/mol. The van der Waals surface area contributed by atoms with Crippen LogP contribution in [0.15, 0.2) is 30.3 Å². The summed E-state index contributed by atoms with van der Waals surface area (Å²) in [6.07, 6.45) is -1.12. The van der Waals surface area contributed by atoms with Crippen molar-refractivity contribution in [3.05, 3.63) is 39.5 Å². The Morgan fingerprint density at radius 3 is 2.60 bits per heavy atom. The summed E-state index contributed by atoms with van der Waals surface area (Å²) in [7, 11) is 0. The number of amides is 3. The van der Waals surface area contributed by atoms with Gasteiger partial charge in [0.2, 0.25) is 5.91 Å². The molecule has 9 nitrogen and oxygen atoms in total. The Morgan fingerprint density at radius 2 is 1.98 bits per heavy atom. The molecule has 1 aliphatic heterocycles. The number of morpholine rings is 1.